The van der Waals surface area contributed by atoms with Gasteiger partial charge in [-0.1, -0.05) is 25.1 Å². The largest absolute Gasteiger partial charge is 0.388 e. The molecule has 6 rings (SSSR count). The van der Waals surface area contributed by atoms with Gasteiger partial charge in [0.25, 0.3) is 5.89 Å². The van der Waals surface area contributed by atoms with Crippen molar-refractivity contribution in [1.82, 2.24) is 30.3 Å². The lowest BCUT2D eigenvalue weighted by Gasteiger charge is -2.37. The average Bonchev–Trinajstić information content (AvgIpc) is 3.47. The molecule has 4 aromatic rings. The van der Waals surface area contributed by atoms with Crippen LogP contribution in [0, 0.1) is 22.9 Å². The third-order valence-corrected chi connectivity index (χ3v) is 7.55. The van der Waals surface area contributed by atoms with Gasteiger partial charge in [0, 0.05) is 0 Å². The average molecular weight is 480 g/mol. The number of fused-ring (bicyclic) bond motifs is 5. The molecule has 178 valence electrons. The molecular weight excluding hydrogens is 461 g/mol. The fraction of sp³-hybridized carbons (Fsp3) is 0.333. The fourth-order valence-electron chi connectivity index (χ4n) is 5.89. The van der Waals surface area contributed by atoms with E-state index in [-0.39, 0.29) is 40.4 Å². The maximum Gasteiger partial charge on any atom is 0.295 e. The molecule has 2 aliphatic carbocycles. The second kappa shape index (κ2) is 7.38. The fourth-order valence-corrected chi connectivity index (χ4v) is 5.89. The summed E-state index contributed by atoms with van der Waals surface area (Å²) in [7, 11) is 0. The molecule has 1 N–H and O–H groups in total. The van der Waals surface area contributed by atoms with Crippen molar-refractivity contribution < 1.29 is 22.8 Å². The van der Waals surface area contributed by atoms with E-state index in [1.165, 1.54) is 18.2 Å². The van der Waals surface area contributed by atoms with Crippen LogP contribution >= 0.6 is 0 Å². The summed E-state index contributed by atoms with van der Waals surface area (Å²) in [5.41, 5.74) is -0.218. The molecule has 0 unspecified atom stereocenters. The smallest absolute Gasteiger partial charge is 0.295 e. The number of aliphatic hydroxyl groups excluding tert-OH is 1. The minimum atomic E-state index is -0.950. The number of hydrogen-bond donors (Lipinski definition) is 1. The standard InChI is InChI=1S/C24H19F3N6O2/c1-23(2)12-6-7-24(23,20-15(27)9-28-21(30-20)22-29-17(10-34)33-35-22)19-11(12)8-16(31-32-19)18-13(25)4-3-5-14(18)26/h3-5,8-9,12,34H,6-7,10H2,1-2H3/t12-,24+/m0/s1. The molecule has 1 fully saturated rings. The number of benzene rings is 1. The molecule has 8 nitrogen and oxygen atoms in total. The Labute approximate surface area is 197 Å². The van der Waals surface area contributed by atoms with E-state index in [1.54, 1.807) is 6.07 Å². The highest BCUT2D eigenvalue weighted by Gasteiger charge is 2.66. The van der Waals surface area contributed by atoms with Crippen molar-refractivity contribution in [3.05, 3.63) is 70.7 Å². The highest BCUT2D eigenvalue weighted by molar-refractivity contribution is 5.64. The van der Waals surface area contributed by atoms with Crippen LogP contribution in [-0.4, -0.2) is 35.4 Å². The lowest BCUT2D eigenvalue weighted by atomic mass is 9.66. The molecule has 2 atom stereocenters. The highest BCUT2D eigenvalue weighted by Crippen LogP contribution is 2.69. The number of aliphatic hydroxyl groups is 1. The topological polar surface area (TPSA) is 111 Å². The van der Waals surface area contributed by atoms with Gasteiger partial charge in [-0.2, -0.15) is 10.1 Å². The Hall–Kier alpha value is -3.73. The van der Waals surface area contributed by atoms with Crippen LogP contribution in [0.4, 0.5) is 13.2 Å². The molecule has 11 heteroatoms. The Morgan fingerprint density at radius 1 is 1.06 bits per heavy atom. The number of halogens is 3. The molecule has 0 aliphatic heterocycles. The summed E-state index contributed by atoms with van der Waals surface area (Å²) in [4.78, 5) is 12.5. The summed E-state index contributed by atoms with van der Waals surface area (Å²) in [5.74, 6) is -2.11. The first-order chi connectivity index (χ1) is 16.8. The van der Waals surface area contributed by atoms with Crippen LogP contribution < -0.4 is 0 Å². The maximum atomic E-state index is 15.4. The third-order valence-electron chi connectivity index (χ3n) is 7.55. The molecule has 2 aliphatic rings. The second-order valence-electron chi connectivity index (χ2n) is 9.41. The van der Waals surface area contributed by atoms with E-state index < -0.39 is 34.9 Å². The SMILES string of the molecule is CC1(C)[C@H]2CC[C@]1(c1nc(-c3nc(CO)no3)ncc1F)c1nnc(-c3c(F)cccc3F)cc12. The predicted molar refractivity (Wildman–Crippen MR) is 115 cm³/mol. The van der Waals surface area contributed by atoms with E-state index in [9.17, 15) is 13.9 Å². The predicted octanol–water partition coefficient (Wildman–Crippen LogP) is 4.10. The van der Waals surface area contributed by atoms with Crippen LogP contribution in [0.2, 0.25) is 0 Å². The first kappa shape index (κ1) is 21.8. The molecule has 0 spiro atoms. The summed E-state index contributed by atoms with van der Waals surface area (Å²) < 4.78 is 49.4. The van der Waals surface area contributed by atoms with Gasteiger partial charge in [0.05, 0.1) is 34.3 Å². The Balaban J connectivity index is 1.54. The van der Waals surface area contributed by atoms with Gasteiger partial charge in [0.2, 0.25) is 5.82 Å². The lowest BCUT2D eigenvalue weighted by molar-refractivity contribution is 0.235. The van der Waals surface area contributed by atoms with Gasteiger partial charge in [-0.3, -0.25) is 0 Å². The Kier molecular flexibility index (Phi) is 4.59. The molecule has 2 bridgehead atoms. The summed E-state index contributed by atoms with van der Waals surface area (Å²) >= 11 is 0. The number of nitrogens with zero attached hydrogens (tertiary/aromatic N) is 6. The molecule has 3 heterocycles. The molecule has 0 amide bonds. The Morgan fingerprint density at radius 2 is 1.83 bits per heavy atom. The van der Waals surface area contributed by atoms with Gasteiger partial charge in [-0.05, 0) is 47.9 Å². The van der Waals surface area contributed by atoms with Crippen molar-refractivity contribution in [2.45, 2.75) is 44.6 Å². The van der Waals surface area contributed by atoms with Crippen LogP contribution in [0.25, 0.3) is 23.0 Å². The Bertz CT molecular complexity index is 1470. The van der Waals surface area contributed by atoms with E-state index in [1.807, 2.05) is 13.8 Å². The number of rotatable bonds is 4. The highest BCUT2D eigenvalue weighted by atomic mass is 19.1. The van der Waals surface area contributed by atoms with Gasteiger partial charge in [0.15, 0.2) is 11.6 Å². The minimum absolute atomic E-state index is 0.0219. The zero-order valence-electron chi connectivity index (χ0n) is 18.8. The van der Waals surface area contributed by atoms with Crippen LogP contribution in [0.5, 0.6) is 0 Å². The van der Waals surface area contributed by atoms with E-state index in [0.717, 1.165) is 11.8 Å². The van der Waals surface area contributed by atoms with Gasteiger partial charge in [0.1, 0.15) is 18.2 Å². The van der Waals surface area contributed by atoms with Crippen LogP contribution in [0.15, 0.2) is 35.0 Å². The van der Waals surface area contributed by atoms with Gasteiger partial charge >= 0.3 is 0 Å². The van der Waals surface area contributed by atoms with E-state index in [4.69, 9.17) is 4.52 Å². The third kappa shape index (κ3) is 2.84. The van der Waals surface area contributed by atoms with Crippen molar-refractivity contribution >= 4 is 0 Å². The minimum Gasteiger partial charge on any atom is -0.388 e. The van der Waals surface area contributed by atoms with Crippen molar-refractivity contribution in [1.29, 1.82) is 0 Å². The zero-order chi connectivity index (χ0) is 24.5. The lowest BCUT2D eigenvalue weighted by Crippen LogP contribution is -2.39. The molecule has 35 heavy (non-hydrogen) atoms. The van der Waals surface area contributed by atoms with Gasteiger partial charge in [-0.15, -0.1) is 5.10 Å². The van der Waals surface area contributed by atoms with E-state index in [0.29, 0.717) is 18.5 Å². The van der Waals surface area contributed by atoms with Gasteiger partial charge < -0.3 is 9.63 Å². The first-order valence-corrected chi connectivity index (χ1v) is 11.1. The van der Waals surface area contributed by atoms with Gasteiger partial charge in [-0.25, -0.2) is 23.1 Å². The van der Waals surface area contributed by atoms with Crippen molar-refractivity contribution in [3.63, 3.8) is 0 Å². The monoisotopic (exact) mass is 480 g/mol. The Morgan fingerprint density at radius 3 is 2.54 bits per heavy atom. The molecule has 0 saturated heterocycles. The van der Waals surface area contributed by atoms with Crippen LogP contribution in [0.1, 0.15) is 55.4 Å². The molecule has 0 radical (unpaired) electrons. The van der Waals surface area contributed by atoms with Crippen LogP contribution in [-0.2, 0) is 12.0 Å². The second-order valence-corrected chi connectivity index (χ2v) is 9.41. The van der Waals surface area contributed by atoms with Crippen molar-refractivity contribution in [2.24, 2.45) is 5.41 Å². The summed E-state index contributed by atoms with van der Waals surface area (Å²) in [6.45, 7) is 3.59. The summed E-state index contributed by atoms with van der Waals surface area (Å²) in [5, 5.41) is 21.4. The number of aromatic nitrogens is 6. The van der Waals surface area contributed by atoms with Crippen molar-refractivity contribution in [3.8, 4) is 23.0 Å². The van der Waals surface area contributed by atoms with Crippen LogP contribution in [0.3, 0.4) is 0 Å². The summed E-state index contributed by atoms with van der Waals surface area (Å²) in [6.07, 6.45) is 2.31. The summed E-state index contributed by atoms with van der Waals surface area (Å²) in [6, 6.07) is 5.28. The van der Waals surface area contributed by atoms with Crippen molar-refractivity contribution in [2.75, 3.05) is 0 Å². The number of hydrogen-bond acceptors (Lipinski definition) is 8. The molecular formula is C24H19F3N6O2. The zero-order valence-corrected chi connectivity index (χ0v) is 18.8. The quantitative estimate of drug-likeness (QED) is 0.465. The van der Waals surface area contributed by atoms with E-state index in [2.05, 4.69) is 30.3 Å². The van der Waals surface area contributed by atoms with E-state index >= 15 is 4.39 Å². The molecule has 1 aromatic carbocycles. The normalized spacial score (nSPS) is 21.9. The molecule has 3 aromatic heterocycles. The molecule has 1 saturated carbocycles. The first-order valence-electron chi connectivity index (χ1n) is 11.1. The maximum absolute atomic E-state index is 15.4.